The number of imidazole rings is 1. The summed E-state index contributed by atoms with van der Waals surface area (Å²) in [5, 5.41) is 0. The summed E-state index contributed by atoms with van der Waals surface area (Å²) in [6.45, 7) is 4.22. The van der Waals surface area contributed by atoms with Crippen molar-refractivity contribution < 1.29 is 0 Å². The molecule has 1 atom stereocenters. The largest absolute Gasteiger partial charge is 0.382 e. The van der Waals surface area contributed by atoms with Gasteiger partial charge in [-0.05, 0) is 32.7 Å². The van der Waals surface area contributed by atoms with Gasteiger partial charge in [-0.3, -0.25) is 0 Å². The van der Waals surface area contributed by atoms with Gasteiger partial charge in [-0.15, -0.1) is 0 Å². The maximum atomic E-state index is 5.80. The molecule has 2 heterocycles. The topological polar surface area (TPSA) is 72.9 Å². The van der Waals surface area contributed by atoms with Gasteiger partial charge in [-0.1, -0.05) is 6.92 Å². The highest BCUT2D eigenvalue weighted by Crippen LogP contribution is 2.15. The van der Waals surface area contributed by atoms with Crippen molar-refractivity contribution in [3.63, 3.8) is 0 Å². The molecule has 21 heavy (non-hydrogen) atoms. The van der Waals surface area contributed by atoms with Gasteiger partial charge >= 0.3 is 0 Å². The Morgan fingerprint density at radius 3 is 2.90 bits per heavy atom. The standard InChI is InChI=1S/C14H24N6S/c1-4-11(8-21-3)19(2)6-5-7-20-10-18-12-13(15)16-9-17-14(12)20/h9-11H,4-8H2,1-3H3,(H2,15,16,17). The Morgan fingerprint density at radius 2 is 2.19 bits per heavy atom. The quantitative estimate of drug-likeness (QED) is 0.802. The second-order valence-corrected chi connectivity index (χ2v) is 6.13. The maximum absolute atomic E-state index is 5.80. The molecule has 0 aliphatic carbocycles. The molecule has 0 spiro atoms. The summed E-state index contributed by atoms with van der Waals surface area (Å²) in [6.07, 6.45) is 7.71. The highest BCUT2D eigenvalue weighted by molar-refractivity contribution is 7.98. The second-order valence-electron chi connectivity index (χ2n) is 5.22. The zero-order chi connectivity index (χ0) is 15.2. The smallest absolute Gasteiger partial charge is 0.165 e. The van der Waals surface area contributed by atoms with E-state index in [-0.39, 0.29) is 0 Å². The molecule has 0 bridgehead atoms. The minimum absolute atomic E-state index is 0.446. The van der Waals surface area contributed by atoms with Crippen LogP contribution in [0, 0.1) is 0 Å². The fourth-order valence-electron chi connectivity index (χ4n) is 2.48. The maximum Gasteiger partial charge on any atom is 0.165 e. The van der Waals surface area contributed by atoms with E-state index in [0.29, 0.717) is 17.4 Å². The monoisotopic (exact) mass is 308 g/mol. The lowest BCUT2D eigenvalue weighted by atomic mass is 10.2. The van der Waals surface area contributed by atoms with E-state index in [2.05, 4.69) is 44.6 Å². The van der Waals surface area contributed by atoms with Crippen molar-refractivity contribution in [3.8, 4) is 0 Å². The van der Waals surface area contributed by atoms with Crippen LogP contribution in [0.2, 0.25) is 0 Å². The van der Waals surface area contributed by atoms with Crippen LogP contribution in [0.4, 0.5) is 5.82 Å². The summed E-state index contributed by atoms with van der Waals surface area (Å²) in [7, 11) is 2.20. The molecule has 2 aromatic heterocycles. The van der Waals surface area contributed by atoms with Gasteiger partial charge in [0.05, 0.1) is 6.33 Å². The highest BCUT2D eigenvalue weighted by Gasteiger charge is 2.12. The van der Waals surface area contributed by atoms with Crippen LogP contribution in [-0.2, 0) is 6.54 Å². The third-order valence-electron chi connectivity index (χ3n) is 3.79. The van der Waals surface area contributed by atoms with Crippen LogP contribution in [0.15, 0.2) is 12.7 Å². The van der Waals surface area contributed by atoms with Crippen LogP contribution in [0.1, 0.15) is 19.8 Å². The number of aromatic nitrogens is 4. The van der Waals surface area contributed by atoms with Gasteiger partial charge in [0.25, 0.3) is 0 Å². The van der Waals surface area contributed by atoms with E-state index in [0.717, 1.165) is 25.2 Å². The SMILES string of the molecule is CCC(CSC)N(C)CCCn1cnc2c(N)ncnc21. The fourth-order valence-corrected chi connectivity index (χ4v) is 3.36. The number of aryl methyl sites for hydroxylation is 1. The third kappa shape index (κ3) is 3.85. The van der Waals surface area contributed by atoms with E-state index in [1.54, 1.807) is 6.33 Å². The molecule has 0 amide bonds. The molecular formula is C14H24N6S. The number of fused-ring (bicyclic) bond motifs is 1. The minimum Gasteiger partial charge on any atom is -0.382 e. The molecule has 0 aromatic carbocycles. The van der Waals surface area contributed by atoms with Gasteiger partial charge < -0.3 is 15.2 Å². The molecule has 0 saturated heterocycles. The average molecular weight is 308 g/mol. The molecule has 0 aliphatic heterocycles. The average Bonchev–Trinajstić information content (AvgIpc) is 2.89. The Kier molecular flexibility index (Phi) is 5.81. The molecular weight excluding hydrogens is 284 g/mol. The van der Waals surface area contributed by atoms with Crippen molar-refractivity contribution in [2.75, 3.05) is 31.3 Å². The molecule has 0 saturated carbocycles. The van der Waals surface area contributed by atoms with Crippen molar-refractivity contribution >= 4 is 28.7 Å². The Hall–Kier alpha value is -1.34. The van der Waals surface area contributed by atoms with Gasteiger partial charge in [0, 0.05) is 18.3 Å². The van der Waals surface area contributed by atoms with E-state index >= 15 is 0 Å². The second kappa shape index (κ2) is 7.61. The van der Waals surface area contributed by atoms with Crippen molar-refractivity contribution in [1.82, 2.24) is 24.4 Å². The Bertz CT molecular complexity index is 570. The van der Waals surface area contributed by atoms with E-state index in [1.807, 2.05) is 11.8 Å². The summed E-state index contributed by atoms with van der Waals surface area (Å²) in [5.74, 6) is 1.63. The van der Waals surface area contributed by atoms with Gasteiger partial charge in [-0.25, -0.2) is 15.0 Å². The molecule has 2 N–H and O–H groups in total. The molecule has 116 valence electrons. The lowest BCUT2D eigenvalue weighted by Crippen LogP contribution is -2.34. The van der Waals surface area contributed by atoms with E-state index in [1.165, 1.54) is 18.5 Å². The summed E-state index contributed by atoms with van der Waals surface area (Å²) in [6, 6.07) is 0.650. The Balaban J connectivity index is 1.92. The zero-order valence-electron chi connectivity index (χ0n) is 13.0. The Labute approximate surface area is 130 Å². The van der Waals surface area contributed by atoms with Crippen LogP contribution >= 0.6 is 11.8 Å². The molecule has 6 nitrogen and oxygen atoms in total. The first-order valence-electron chi connectivity index (χ1n) is 7.27. The first kappa shape index (κ1) is 16.0. The van der Waals surface area contributed by atoms with E-state index < -0.39 is 0 Å². The van der Waals surface area contributed by atoms with Crippen molar-refractivity contribution in [2.45, 2.75) is 32.4 Å². The van der Waals surface area contributed by atoms with Gasteiger partial charge in [0.2, 0.25) is 0 Å². The third-order valence-corrected chi connectivity index (χ3v) is 4.51. The molecule has 7 heteroatoms. The van der Waals surface area contributed by atoms with Crippen molar-refractivity contribution in [2.24, 2.45) is 0 Å². The molecule has 2 rings (SSSR count). The van der Waals surface area contributed by atoms with E-state index in [9.17, 15) is 0 Å². The Morgan fingerprint density at radius 1 is 1.38 bits per heavy atom. The molecule has 0 radical (unpaired) electrons. The molecule has 1 unspecified atom stereocenters. The molecule has 0 fully saturated rings. The van der Waals surface area contributed by atoms with Gasteiger partial charge in [0.15, 0.2) is 11.5 Å². The highest BCUT2D eigenvalue weighted by atomic mass is 32.2. The lowest BCUT2D eigenvalue weighted by molar-refractivity contribution is 0.249. The normalized spacial score (nSPS) is 13.1. The predicted molar refractivity (Wildman–Crippen MR) is 89.4 cm³/mol. The van der Waals surface area contributed by atoms with Crippen LogP contribution < -0.4 is 5.73 Å². The number of anilines is 1. The van der Waals surface area contributed by atoms with Crippen LogP contribution in [-0.4, -0.2) is 56.1 Å². The number of nitrogen functional groups attached to an aromatic ring is 1. The number of nitrogens with zero attached hydrogens (tertiary/aromatic N) is 5. The molecule has 0 aliphatic rings. The van der Waals surface area contributed by atoms with Gasteiger partial charge in [0.1, 0.15) is 11.8 Å². The van der Waals surface area contributed by atoms with Crippen molar-refractivity contribution in [1.29, 1.82) is 0 Å². The summed E-state index contributed by atoms with van der Waals surface area (Å²) < 4.78 is 2.05. The summed E-state index contributed by atoms with van der Waals surface area (Å²) in [5.41, 5.74) is 7.31. The predicted octanol–water partition coefficient (Wildman–Crippen LogP) is 1.87. The summed E-state index contributed by atoms with van der Waals surface area (Å²) in [4.78, 5) is 15.0. The molecule has 2 aromatic rings. The number of nitrogens with two attached hydrogens (primary N) is 1. The van der Waals surface area contributed by atoms with Crippen LogP contribution in [0.3, 0.4) is 0 Å². The first-order chi connectivity index (χ1) is 10.2. The number of hydrogen-bond acceptors (Lipinski definition) is 6. The number of hydrogen-bond donors (Lipinski definition) is 1. The number of thioether (sulfide) groups is 1. The van der Waals surface area contributed by atoms with Crippen LogP contribution in [0.5, 0.6) is 0 Å². The lowest BCUT2D eigenvalue weighted by Gasteiger charge is -2.26. The minimum atomic E-state index is 0.446. The van der Waals surface area contributed by atoms with Crippen molar-refractivity contribution in [3.05, 3.63) is 12.7 Å². The summed E-state index contributed by atoms with van der Waals surface area (Å²) >= 11 is 1.91. The van der Waals surface area contributed by atoms with Crippen LogP contribution in [0.25, 0.3) is 11.2 Å². The van der Waals surface area contributed by atoms with Gasteiger partial charge in [-0.2, -0.15) is 11.8 Å². The fraction of sp³-hybridized carbons (Fsp3) is 0.643. The first-order valence-corrected chi connectivity index (χ1v) is 8.67. The zero-order valence-corrected chi connectivity index (χ0v) is 13.8. The number of rotatable bonds is 8. The van der Waals surface area contributed by atoms with E-state index in [4.69, 9.17) is 5.73 Å².